The summed E-state index contributed by atoms with van der Waals surface area (Å²) < 4.78 is 5.55. The Kier molecular flexibility index (Phi) is 3.67. The maximum atomic E-state index is 10.8. The molecule has 0 aliphatic carbocycles. The Balaban J connectivity index is 2.01. The van der Waals surface area contributed by atoms with Crippen LogP contribution >= 0.6 is 0 Å². The Hall–Kier alpha value is -2.23. The molecule has 0 aliphatic rings. The maximum Gasteiger partial charge on any atom is 0.335 e. The van der Waals surface area contributed by atoms with Crippen LogP contribution in [0.2, 0.25) is 0 Å². The standard InChI is InChI=1S/C14H15NO3/c1-2-12-6-7-13(18-12)9-15-11-5-3-4-10(8-11)14(16)17/h3-8,15H,2,9H2,1H3,(H,16,17). The van der Waals surface area contributed by atoms with E-state index in [4.69, 9.17) is 9.52 Å². The first-order chi connectivity index (χ1) is 8.69. The summed E-state index contributed by atoms with van der Waals surface area (Å²) in [7, 11) is 0. The fourth-order valence-corrected chi connectivity index (χ4v) is 1.66. The molecule has 2 rings (SSSR count). The minimum atomic E-state index is -0.926. The molecule has 18 heavy (non-hydrogen) atoms. The second-order valence-electron chi connectivity index (χ2n) is 3.96. The van der Waals surface area contributed by atoms with Crippen molar-refractivity contribution >= 4 is 11.7 Å². The van der Waals surface area contributed by atoms with Crippen LogP contribution in [0.1, 0.15) is 28.8 Å². The minimum absolute atomic E-state index is 0.272. The molecular weight excluding hydrogens is 230 g/mol. The van der Waals surface area contributed by atoms with Crippen LogP contribution in [0.5, 0.6) is 0 Å². The van der Waals surface area contributed by atoms with Gasteiger partial charge in [-0.3, -0.25) is 0 Å². The summed E-state index contributed by atoms with van der Waals surface area (Å²) in [6, 6.07) is 10.6. The number of aromatic carboxylic acids is 1. The second-order valence-corrected chi connectivity index (χ2v) is 3.96. The van der Waals surface area contributed by atoms with Gasteiger partial charge in [0.25, 0.3) is 0 Å². The molecule has 94 valence electrons. The van der Waals surface area contributed by atoms with Crippen molar-refractivity contribution in [3.8, 4) is 0 Å². The van der Waals surface area contributed by atoms with Crippen LogP contribution in [-0.4, -0.2) is 11.1 Å². The molecule has 0 aliphatic heterocycles. The molecule has 0 saturated carbocycles. The van der Waals surface area contributed by atoms with Crippen molar-refractivity contribution in [3.63, 3.8) is 0 Å². The van der Waals surface area contributed by atoms with Crippen molar-refractivity contribution in [2.75, 3.05) is 5.32 Å². The normalized spacial score (nSPS) is 10.3. The topological polar surface area (TPSA) is 62.5 Å². The lowest BCUT2D eigenvalue weighted by atomic mass is 10.2. The van der Waals surface area contributed by atoms with Crippen LogP contribution in [0.25, 0.3) is 0 Å². The quantitative estimate of drug-likeness (QED) is 0.849. The highest BCUT2D eigenvalue weighted by molar-refractivity contribution is 5.88. The first-order valence-corrected chi connectivity index (χ1v) is 5.84. The molecular formula is C14H15NO3. The summed E-state index contributed by atoms with van der Waals surface area (Å²) in [5.74, 6) is 0.864. The molecule has 1 aromatic heterocycles. The van der Waals surface area contributed by atoms with Crippen molar-refractivity contribution in [2.24, 2.45) is 0 Å². The molecule has 0 spiro atoms. The van der Waals surface area contributed by atoms with E-state index in [0.29, 0.717) is 6.54 Å². The van der Waals surface area contributed by atoms with Crippen LogP contribution < -0.4 is 5.32 Å². The largest absolute Gasteiger partial charge is 0.478 e. The van der Waals surface area contributed by atoms with Gasteiger partial charge in [0.15, 0.2) is 0 Å². The van der Waals surface area contributed by atoms with Gasteiger partial charge in [-0.05, 0) is 30.3 Å². The number of rotatable bonds is 5. The maximum absolute atomic E-state index is 10.8. The zero-order valence-corrected chi connectivity index (χ0v) is 10.1. The Morgan fingerprint density at radius 2 is 2.06 bits per heavy atom. The van der Waals surface area contributed by atoms with Gasteiger partial charge in [-0.15, -0.1) is 0 Å². The molecule has 4 nitrogen and oxygen atoms in total. The lowest BCUT2D eigenvalue weighted by Gasteiger charge is -2.05. The molecule has 0 radical (unpaired) electrons. The highest BCUT2D eigenvalue weighted by atomic mass is 16.4. The van der Waals surface area contributed by atoms with E-state index in [2.05, 4.69) is 5.32 Å². The Morgan fingerprint density at radius 3 is 2.72 bits per heavy atom. The molecule has 0 saturated heterocycles. The Labute approximate surface area is 105 Å². The van der Waals surface area contributed by atoms with E-state index in [1.54, 1.807) is 18.2 Å². The van der Waals surface area contributed by atoms with Crippen LogP contribution in [0.4, 0.5) is 5.69 Å². The fraction of sp³-hybridized carbons (Fsp3) is 0.214. The average molecular weight is 245 g/mol. The monoisotopic (exact) mass is 245 g/mol. The second kappa shape index (κ2) is 5.40. The van der Waals surface area contributed by atoms with E-state index in [9.17, 15) is 4.79 Å². The SMILES string of the molecule is CCc1ccc(CNc2cccc(C(=O)O)c2)o1. The van der Waals surface area contributed by atoms with E-state index < -0.39 is 5.97 Å². The van der Waals surface area contributed by atoms with Crippen molar-refractivity contribution in [1.82, 2.24) is 0 Å². The number of aryl methyl sites for hydroxylation is 1. The summed E-state index contributed by atoms with van der Waals surface area (Å²) in [4.78, 5) is 10.8. The smallest absolute Gasteiger partial charge is 0.335 e. The van der Waals surface area contributed by atoms with Crippen molar-refractivity contribution in [3.05, 3.63) is 53.5 Å². The molecule has 0 fully saturated rings. The highest BCUT2D eigenvalue weighted by Crippen LogP contribution is 2.14. The van der Waals surface area contributed by atoms with Gasteiger partial charge in [-0.2, -0.15) is 0 Å². The molecule has 1 heterocycles. The van der Waals surface area contributed by atoms with E-state index in [1.165, 1.54) is 0 Å². The number of carbonyl (C=O) groups is 1. The van der Waals surface area contributed by atoms with Gasteiger partial charge in [0.1, 0.15) is 11.5 Å². The van der Waals surface area contributed by atoms with Crippen molar-refractivity contribution in [2.45, 2.75) is 19.9 Å². The Bertz CT molecular complexity index is 545. The minimum Gasteiger partial charge on any atom is -0.478 e. The predicted octanol–water partition coefficient (Wildman–Crippen LogP) is 3.15. The number of carboxylic acids is 1. The molecule has 0 unspecified atom stereocenters. The van der Waals surface area contributed by atoms with Gasteiger partial charge in [0.05, 0.1) is 12.1 Å². The van der Waals surface area contributed by atoms with Crippen LogP contribution in [0.3, 0.4) is 0 Å². The predicted molar refractivity (Wildman–Crippen MR) is 68.8 cm³/mol. The van der Waals surface area contributed by atoms with Gasteiger partial charge in [0, 0.05) is 12.1 Å². The van der Waals surface area contributed by atoms with Crippen molar-refractivity contribution in [1.29, 1.82) is 0 Å². The number of hydrogen-bond donors (Lipinski definition) is 2. The number of carboxylic acid groups (broad SMARTS) is 1. The highest BCUT2D eigenvalue weighted by Gasteiger charge is 2.04. The van der Waals surface area contributed by atoms with Crippen molar-refractivity contribution < 1.29 is 14.3 Å². The van der Waals surface area contributed by atoms with Gasteiger partial charge in [-0.1, -0.05) is 13.0 Å². The zero-order chi connectivity index (χ0) is 13.0. The summed E-state index contributed by atoms with van der Waals surface area (Å²) in [5, 5.41) is 12.0. The van der Waals surface area contributed by atoms with E-state index >= 15 is 0 Å². The first kappa shape index (κ1) is 12.2. The molecule has 1 aromatic carbocycles. The molecule has 2 N–H and O–H groups in total. The van der Waals surface area contributed by atoms with E-state index in [0.717, 1.165) is 23.6 Å². The molecule has 0 bridgehead atoms. The fourth-order valence-electron chi connectivity index (χ4n) is 1.66. The van der Waals surface area contributed by atoms with E-state index in [-0.39, 0.29) is 5.56 Å². The average Bonchev–Trinajstić information content (AvgIpc) is 2.84. The van der Waals surface area contributed by atoms with Crippen LogP contribution in [-0.2, 0) is 13.0 Å². The number of anilines is 1. The molecule has 0 atom stereocenters. The van der Waals surface area contributed by atoms with E-state index in [1.807, 2.05) is 25.1 Å². The Morgan fingerprint density at radius 1 is 1.28 bits per heavy atom. The zero-order valence-electron chi connectivity index (χ0n) is 10.1. The van der Waals surface area contributed by atoms with Gasteiger partial charge >= 0.3 is 5.97 Å². The lowest BCUT2D eigenvalue weighted by molar-refractivity contribution is 0.0697. The number of hydrogen-bond acceptors (Lipinski definition) is 3. The third-order valence-corrected chi connectivity index (χ3v) is 2.64. The summed E-state index contributed by atoms with van der Waals surface area (Å²) in [6.45, 7) is 2.58. The first-order valence-electron chi connectivity index (χ1n) is 5.84. The molecule has 4 heteroatoms. The number of benzene rings is 1. The third kappa shape index (κ3) is 2.91. The number of nitrogens with one attached hydrogen (secondary N) is 1. The summed E-state index contributed by atoms with van der Waals surface area (Å²) >= 11 is 0. The van der Waals surface area contributed by atoms with Crippen LogP contribution in [0, 0.1) is 0 Å². The lowest BCUT2D eigenvalue weighted by Crippen LogP contribution is -2.01. The summed E-state index contributed by atoms with van der Waals surface area (Å²) in [6.07, 6.45) is 0.870. The molecule has 0 amide bonds. The van der Waals surface area contributed by atoms with Gasteiger partial charge < -0.3 is 14.8 Å². The van der Waals surface area contributed by atoms with Gasteiger partial charge in [0.2, 0.25) is 0 Å². The summed E-state index contributed by atoms with van der Waals surface area (Å²) in [5.41, 5.74) is 1.04. The molecule has 2 aromatic rings. The van der Waals surface area contributed by atoms with Crippen LogP contribution in [0.15, 0.2) is 40.8 Å². The third-order valence-electron chi connectivity index (χ3n) is 2.64. The number of furan rings is 1. The van der Waals surface area contributed by atoms with Gasteiger partial charge in [-0.25, -0.2) is 4.79 Å².